The van der Waals surface area contributed by atoms with Crippen LogP contribution in [0.4, 0.5) is 5.69 Å². The zero-order valence-corrected chi connectivity index (χ0v) is 19.2. The highest BCUT2D eigenvalue weighted by Gasteiger charge is 2.18. The van der Waals surface area contributed by atoms with Gasteiger partial charge in [-0.25, -0.2) is 0 Å². The van der Waals surface area contributed by atoms with Gasteiger partial charge < -0.3 is 14.8 Å². The van der Waals surface area contributed by atoms with Gasteiger partial charge in [0.15, 0.2) is 11.0 Å². The molecule has 0 aliphatic carbocycles. The molecule has 0 bridgehead atoms. The van der Waals surface area contributed by atoms with Crippen molar-refractivity contribution in [3.05, 3.63) is 59.1 Å². The Bertz CT molecular complexity index is 1100. The summed E-state index contributed by atoms with van der Waals surface area (Å²) in [6, 6.07) is 10.3. The van der Waals surface area contributed by atoms with Gasteiger partial charge >= 0.3 is 0 Å². The summed E-state index contributed by atoms with van der Waals surface area (Å²) in [5, 5.41) is 12.9. The SMILES string of the molecule is C=CCn1c(SCC(=O)Nc2ccc(OC)cc2OC)nnc1-c1ccc(Cl)cc1Cl. The predicted molar refractivity (Wildman–Crippen MR) is 125 cm³/mol. The Kier molecular flexibility index (Phi) is 7.84. The highest BCUT2D eigenvalue weighted by Crippen LogP contribution is 2.32. The van der Waals surface area contributed by atoms with E-state index in [2.05, 4.69) is 22.1 Å². The molecule has 0 aliphatic heterocycles. The molecule has 3 rings (SSSR count). The normalized spacial score (nSPS) is 10.6. The van der Waals surface area contributed by atoms with Gasteiger partial charge in [0.1, 0.15) is 11.5 Å². The van der Waals surface area contributed by atoms with E-state index >= 15 is 0 Å². The number of allylic oxidation sites excluding steroid dienone is 1. The standard InChI is InChI=1S/C21H20Cl2N4O3S/c1-4-9-27-20(15-7-5-13(22)10-16(15)23)25-26-21(27)31-12-19(28)24-17-8-6-14(29-2)11-18(17)30-3/h4-8,10-11H,1,9,12H2,2-3H3,(H,24,28). The van der Waals surface area contributed by atoms with Crippen LogP contribution in [-0.2, 0) is 11.3 Å². The first-order valence-electron chi connectivity index (χ1n) is 9.11. The lowest BCUT2D eigenvalue weighted by molar-refractivity contribution is -0.113. The second kappa shape index (κ2) is 10.6. The molecule has 0 aliphatic rings. The van der Waals surface area contributed by atoms with E-state index in [0.717, 1.165) is 0 Å². The third-order valence-corrected chi connectivity index (χ3v) is 5.73. The van der Waals surface area contributed by atoms with Crippen LogP contribution in [0.15, 0.2) is 54.2 Å². The molecule has 1 N–H and O–H groups in total. The van der Waals surface area contributed by atoms with E-state index in [1.807, 2.05) is 4.57 Å². The number of rotatable bonds is 9. The fourth-order valence-electron chi connectivity index (χ4n) is 2.78. The summed E-state index contributed by atoms with van der Waals surface area (Å²) in [6.07, 6.45) is 1.73. The largest absolute Gasteiger partial charge is 0.497 e. The molecule has 0 radical (unpaired) electrons. The second-order valence-corrected chi connectivity index (χ2v) is 8.02. The minimum atomic E-state index is -0.215. The Morgan fingerprint density at radius 1 is 1.19 bits per heavy atom. The van der Waals surface area contributed by atoms with Crippen LogP contribution in [0.5, 0.6) is 11.5 Å². The van der Waals surface area contributed by atoms with Gasteiger partial charge in [-0.2, -0.15) is 0 Å². The predicted octanol–water partition coefficient (Wildman–Crippen LogP) is 5.19. The number of nitrogens with zero attached hydrogens (tertiary/aromatic N) is 3. The molecule has 31 heavy (non-hydrogen) atoms. The van der Waals surface area contributed by atoms with E-state index < -0.39 is 0 Å². The van der Waals surface area contributed by atoms with Gasteiger partial charge in [-0.3, -0.25) is 9.36 Å². The summed E-state index contributed by atoms with van der Waals surface area (Å²) in [4.78, 5) is 12.5. The van der Waals surface area contributed by atoms with Gasteiger partial charge in [-0.1, -0.05) is 41.0 Å². The van der Waals surface area contributed by atoms with E-state index in [9.17, 15) is 4.79 Å². The van der Waals surface area contributed by atoms with E-state index in [0.29, 0.717) is 50.3 Å². The number of carbonyl (C=O) groups is 1. The lowest BCUT2D eigenvalue weighted by atomic mass is 10.2. The van der Waals surface area contributed by atoms with Crippen molar-refractivity contribution in [3.63, 3.8) is 0 Å². The molecule has 2 aromatic carbocycles. The van der Waals surface area contributed by atoms with E-state index in [1.165, 1.54) is 18.9 Å². The van der Waals surface area contributed by atoms with Crippen molar-refractivity contribution >= 4 is 46.6 Å². The number of nitrogens with one attached hydrogen (secondary N) is 1. The van der Waals surface area contributed by atoms with Gasteiger partial charge in [-0.05, 0) is 30.3 Å². The Balaban J connectivity index is 1.75. The third-order valence-electron chi connectivity index (χ3n) is 4.22. The number of carbonyl (C=O) groups excluding carboxylic acids is 1. The lowest BCUT2D eigenvalue weighted by Crippen LogP contribution is -2.15. The molecule has 0 unspecified atom stereocenters. The number of benzene rings is 2. The van der Waals surface area contributed by atoms with Crippen LogP contribution in [-0.4, -0.2) is 40.6 Å². The summed E-state index contributed by atoms with van der Waals surface area (Å²) in [7, 11) is 3.09. The summed E-state index contributed by atoms with van der Waals surface area (Å²) in [6.45, 7) is 4.25. The van der Waals surface area contributed by atoms with Crippen molar-refractivity contribution in [2.75, 3.05) is 25.3 Å². The summed E-state index contributed by atoms with van der Waals surface area (Å²) < 4.78 is 12.3. The van der Waals surface area contributed by atoms with E-state index in [4.69, 9.17) is 32.7 Å². The van der Waals surface area contributed by atoms with Gasteiger partial charge in [0, 0.05) is 23.2 Å². The topological polar surface area (TPSA) is 78.3 Å². The molecular weight excluding hydrogens is 459 g/mol. The molecule has 7 nitrogen and oxygen atoms in total. The molecule has 1 aromatic heterocycles. The summed E-state index contributed by atoms with van der Waals surface area (Å²) in [5.41, 5.74) is 1.25. The van der Waals surface area contributed by atoms with Crippen molar-refractivity contribution in [3.8, 4) is 22.9 Å². The fraction of sp³-hybridized carbons (Fsp3) is 0.190. The van der Waals surface area contributed by atoms with E-state index in [1.54, 1.807) is 49.6 Å². The fourth-order valence-corrected chi connectivity index (χ4v) is 4.02. The second-order valence-electron chi connectivity index (χ2n) is 6.23. The number of aromatic nitrogens is 3. The smallest absolute Gasteiger partial charge is 0.234 e. The van der Waals surface area contributed by atoms with Gasteiger partial charge in [0.2, 0.25) is 5.91 Å². The highest BCUT2D eigenvalue weighted by molar-refractivity contribution is 7.99. The molecule has 0 saturated carbocycles. The Labute approximate surface area is 194 Å². The molecule has 162 valence electrons. The number of hydrogen-bond acceptors (Lipinski definition) is 6. The van der Waals surface area contributed by atoms with Crippen LogP contribution in [0.3, 0.4) is 0 Å². The maximum atomic E-state index is 12.5. The molecule has 10 heteroatoms. The summed E-state index contributed by atoms with van der Waals surface area (Å²) in [5.74, 6) is 1.62. The van der Waals surface area contributed by atoms with Crippen LogP contribution in [0, 0.1) is 0 Å². The maximum Gasteiger partial charge on any atom is 0.234 e. The first-order valence-corrected chi connectivity index (χ1v) is 10.8. The maximum absolute atomic E-state index is 12.5. The van der Waals surface area contributed by atoms with Gasteiger partial charge in [-0.15, -0.1) is 16.8 Å². The number of amides is 1. The van der Waals surface area contributed by atoms with Gasteiger partial charge in [0.05, 0.1) is 30.7 Å². The van der Waals surface area contributed by atoms with Crippen molar-refractivity contribution in [1.82, 2.24) is 14.8 Å². The van der Waals surface area contributed by atoms with Gasteiger partial charge in [0.25, 0.3) is 0 Å². The van der Waals surface area contributed by atoms with Crippen molar-refractivity contribution in [1.29, 1.82) is 0 Å². The first-order chi connectivity index (χ1) is 15.0. The van der Waals surface area contributed by atoms with Crippen molar-refractivity contribution in [2.24, 2.45) is 0 Å². The molecule has 0 spiro atoms. The number of ether oxygens (including phenoxy) is 2. The molecule has 0 saturated heterocycles. The van der Waals surface area contributed by atoms with Crippen LogP contribution in [0.2, 0.25) is 10.0 Å². The Morgan fingerprint density at radius 3 is 2.68 bits per heavy atom. The molecule has 1 heterocycles. The Hall–Kier alpha value is -2.68. The molecule has 3 aromatic rings. The van der Waals surface area contributed by atoms with Crippen LogP contribution in [0.1, 0.15) is 0 Å². The number of anilines is 1. The number of hydrogen-bond donors (Lipinski definition) is 1. The molecular formula is C21H20Cl2N4O3S. The minimum Gasteiger partial charge on any atom is -0.497 e. The number of methoxy groups -OCH3 is 2. The minimum absolute atomic E-state index is 0.124. The first kappa shape index (κ1) is 23.0. The third kappa shape index (κ3) is 5.52. The number of halogens is 2. The summed E-state index contributed by atoms with van der Waals surface area (Å²) >= 11 is 13.6. The average molecular weight is 479 g/mol. The molecule has 1 amide bonds. The zero-order chi connectivity index (χ0) is 22.4. The van der Waals surface area contributed by atoms with Crippen molar-refractivity contribution < 1.29 is 14.3 Å². The van der Waals surface area contributed by atoms with Crippen LogP contribution >= 0.6 is 35.0 Å². The number of thioether (sulfide) groups is 1. The van der Waals surface area contributed by atoms with Crippen LogP contribution in [0.25, 0.3) is 11.4 Å². The highest BCUT2D eigenvalue weighted by atomic mass is 35.5. The monoisotopic (exact) mass is 478 g/mol. The quantitative estimate of drug-likeness (QED) is 0.336. The average Bonchev–Trinajstić information content (AvgIpc) is 3.15. The van der Waals surface area contributed by atoms with E-state index in [-0.39, 0.29) is 11.7 Å². The molecule has 0 atom stereocenters. The lowest BCUT2D eigenvalue weighted by Gasteiger charge is -2.12. The Morgan fingerprint density at radius 2 is 2.00 bits per heavy atom. The van der Waals surface area contributed by atoms with Crippen LogP contribution < -0.4 is 14.8 Å². The zero-order valence-electron chi connectivity index (χ0n) is 16.9. The van der Waals surface area contributed by atoms with Crippen molar-refractivity contribution in [2.45, 2.75) is 11.7 Å². The molecule has 0 fully saturated rings.